The number of anilines is 1. The molecule has 11 heteroatoms. The number of amides is 1. The Hall–Kier alpha value is -3.15. The quantitative estimate of drug-likeness (QED) is 0.408. The summed E-state index contributed by atoms with van der Waals surface area (Å²) in [6.45, 7) is 1.44. The van der Waals surface area contributed by atoms with Gasteiger partial charge in [0.05, 0.1) is 11.1 Å². The van der Waals surface area contributed by atoms with E-state index >= 15 is 0 Å². The molecule has 3 aromatic rings. The second kappa shape index (κ2) is 9.33. The summed E-state index contributed by atoms with van der Waals surface area (Å²) in [4.78, 5) is 29.3. The molecular weight excluding hydrogens is 440 g/mol. The Morgan fingerprint density at radius 3 is 2.35 bits per heavy atom. The summed E-state index contributed by atoms with van der Waals surface area (Å²) in [6, 6.07) is 14.5. The van der Waals surface area contributed by atoms with Gasteiger partial charge in [0.2, 0.25) is 10.0 Å². The number of carbonyl (C=O) groups is 2. The van der Waals surface area contributed by atoms with Crippen LogP contribution in [0, 0.1) is 0 Å². The molecule has 1 atom stereocenters. The fourth-order valence-electron chi connectivity index (χ4n) is 2.70. The Morgan fingerprint density at radius 1 is 1.13 bits per heavy atom. The van der Waals surface area contributed by atoms with Crippen LogP contribution < -0.4 is 10.5 Å². The van der Waals surface area contributed by atoms with E-state index in [1.165, 1.54) is 49.1 Å². The van der Waals surface area contributed by atoms with E-state index in [0.717, 1.165) is 5.69 Å². The molecule has 0 unspecified atom stereocenters. The first-order chi connectivity index (χ1) is 14.7. The molecule has 2 aromatic carbocycles. The number of primary sulfonamides is 1. The number of rotatable bonds is 7. The normalized spacial score (nSPS) is 12.2. The van der Waals surface area contributed by atoms with Crippen molar-refractivity contribution >= 4 is 39.3 Å². The summed E-state index contributed by atoms with van der Waals surface area (Å²) in [7, 11) is -3.83. The van der Waals surface area contributed by atoms with Gasteiger partial charge in [-0.05, 0) is 49.6 Å². The maximum atomic E-state index is 12.7. The van der Waals surface area contributed by atoms with Gasteiger partial charge < -0.3 is 10.1 Å². The highest BCUT2D eigenvalue weighted by molar-refractivity contribution is 7.98. The lowest BCUT2D eigenvalue weighted by Gasteiger charge is -2.15. The van der Waals surface area contributed by atoms with Gasteiger partial charge >= 0.3 is 5.97 Å². The average Bonchev–Trinajstić information content (AvgIpc) is 3.18. The minimum absolute atomic E-state index is 0.0799. The summed E-state index contributed by atoms with van der Waals surface area (Å²) >= 11 is 1.37. The number of thioether (sulfide) groups is 1. The smallest absolute Gasteiger partial charge is 0.357 e. The van der Waals surface area contributed by atoms with Gasteiger partial charge in [-0.3, -0.25) is 9.36 Å². The second-order valence-corrected chi connectivity index (χ2v) is 8.74. The predicted octanol–water partition coefficient (Wildman–Crippen LogP) is 2.43. The van der Waals surface area contributed by atoms with E-state index in [2.05, 4.69) is 10.3 Å². The topological polar surface area (TPSA) is 133 Å². The number of sulfonamides is 1. The predicted molar refractivity (Wildman–Crippen MR) is 117 cm³/mol. The minimum atomic E-state index is -3.83. The largest absolute Gasteiger partial charge is 0.448 e. The molecule has 3 rings (SSSR count). The number of nitrogens with two attached hydrogens (primary N) is 1. The molecule has 1 amide bonds. The number of imidazole rings is 1. The zero-order valence-electron chi connectivity index (χ0n) is 16.7. The first-order valence-corrected chi connectivity index (χ1v) is 11.8. The highest BCUT2D eigenvalue weighted by Gasteiger charge is 2.24. The molecule has 162 valence electrons. The fourth-order valence-corrected chi connectivity index (χ4v) is 3.76. The Bertz CT molecular complexity index is 1190. The van der Waals surface area contributed by atoms with Crippen LogP contribution in [0.25, 0.3) is 5.69 Å². The molecule has 0 bridgehead atoms. The fraction of sp³-hybridized carbons (Fsp3) is 0.150. The Labute approximate surface area is 183 Å². The third-order valence-corrected chi connectivity index (χ3v) is 5.82. The van der Waals surface area contributed by atoms with Crippen LogP contribution >= 0.6 is 11.8 Å². The number of nitrogens with one attached hydrogen (secondary N) is 1. The second-order valence-electron chi connectivity index (χ2n) is 6.41. The van der Waals surface area contributed by atoms with Gasteiger partial charge in [0, 0.05) is 11.4 Å². The van der Waals surface area contributed by atoms with Crippen LogP contribution in [-0.2, 0) is 19.6 Å². The van der Waals surface area contributed by atoms with Crippen molar-refractivity contribution < 1.29 is 22.7 Å². The molecule has 0 saturated carbocycles. The van der Waals surface area contributed by atoms with Crippen molar-refractivity contribution in [3.05, 3.63) is 66.5 Å². The van der Waals surface area contributed by atoms with E-state index in [9.17, 15) is 18.0 Å². The maximum Gasteiger partial charge on any atom is 0.357 e. The number of hydrogen-bond donors (Lipinski definition) is 2. The summed E-state index contributed by atoms with van der Waals surface area (Å²) in [5, 5.41) is 8.21. The highest BCUT2D eigenvalue weighted by Crippen LogP contribution is 2.22. The van der Waals surface area contributed by atoms with Crippen molar-refractivity contribution in [3.63, 3.8) is 0 Å². The van der Waals surface area contributed by atoms with Gasteiger partial charge in [-0.25, -0.2) is 23.3 Å². The third kappa shape index (κ3) is 5.32. The molecule has 1 heterocycles. The van der Waals surface area contributed by atoms with E-state index in [1.807, 2.05) is 36.6 Å². The highest BCUT2D eigenvalue weighted by atomic mass is 32.2. The van der Waals surface area contributed by atoms with Gasteiger partial charge in [0.15, 0.2) is 17.0 Å². The summed E-state index contributed by atoms with van der Waals surface area (Å²) in [6.07, 6.45) is 2.13. The van der Waals surface area contributed by atoms with Crippen molar-refractivity contribution in [2.24, 2.45) is 5.14 Å². The molecule has 0 aliphatic rings. The van der Waals surface area contributed by atoms with Gasteiger partial charge in [0.25, 0.3) is 5.91 Å². The number of aromatic nitrogens is 2. The first kappa shape index (κ1) is 22.5. The van der Waals surface area contributed by atoms with Crippen molar-refractivity contribution in [1.82, 2.24) is 9.55 Å². The number of nitrogens with zero attached hydrogens (tertiary/aromatic N) is 2. The Morgan fingerprint density at radius 2 is 1.77 bits per heavy atom. The zero-order chi connectivity index (χ0) is 22.6. The lowest BCUT2D eigenvalue weighted by Crippen LogP contribution is -2.30. The van der Waals surface area contributed by atoms with Crippen LogP contribution in [0.15, 0.2) is 70.8 Å². The van der Waals surface area contributed by atoms with Crippen molar-refractivity contribution in [1.29, 1.82) is 0 Å². The molecule has 0 fully saturated rings. The van der Waals surface area contributed by atoms with E-state index < -0.39 is 28.0 Å². The lowest BCUT2D eigenvalue weighted by molar-refractivity contribution is -0.123. The van der Waals surface area contributed by atoms with E-state index in [1.54, 1.807) is 4.57 Å². The number of ether oxygens (including phenoxy) is 1. The van der Waals surface area contributed by atoms with Crippen LogP contribution in [0.1, 0.15) is 17.4 Å². The molecule has 31 heavy (non-hydrogen) atoms. The summed E-state index contributed by atoms with van der Waals surface area (Å²) < 4.78 is 29.6. The average molecular weight is 461 g/mol. The standard InChI is InChI=1S/C20H20N4O5S2/c1-13(18(25)23-14-8-10-16(11-9-14)31(21,27)28)29-19(26)17-12-22-20(30-2)24(17)15-6-4-3-5-7-15/h3-13H,1-2H3,(H,23,25)(H2,21,27,28)/t13-/m0/s1. The van der Waals surface area contributed by atoms with Crippen molar-refractivity contribution in [2.45, 2.75) is 23.1 Å². The number of benzene rings is 2. The lowest BCUT2D eigenvalue weighted by atomic mass is 10.3. The van der Waals surface area contributed by atoms with Crippen LogP contribution in [0.2, 0.25) is 0 Å². The summed E-state index contributed by atoms with van der Waals surface area (Å²) in [5.41, 5.74) is 1.26. The molecule has 3 N–H and O–H groups in total. The van der Waals surface area contributed by atoms with Crippen LogP contribution in [0.4, 0.5) is 5.69 Å². The monoisotopic (exact) mass is 460 g/mol. The van der Waals surface area contributed by atoms with Gasteiger partial charge in [-0.1, -0.05) is 30.0 Å². The van der Waals surface area contributed by atoms with Gasteiger partial charge in [-0.2, -0.15) is 0 Å². The molecule has 0 spiro atoms. The SMILES string of the molecule is CSc1ncc(C(=O)O[C@@H](C)C(=O)Nc2ccc(S(N)(=O)=O)cc2)n1-c1ccccc1. The Balaban J connectivity index is 1.72. The van der Waals surface area contributed by atoms with Crippen LogP contribution in [-0.4, -0.2) is 42.2 Å². The molecular formula is C20H20N4O5S2. The molecule has 0 radical (unpaired) electrons. The zero-order valence-corrected chi connectivity index (χ0v) is 18.3. The van der Waals surface area contributed by atoms with E-state index in [-0.39, 0.29) is 10.6 Å². The number of hydrogen-bond acceptors (Lipinski definition) is 7. The summed E-state index contributed by atoms with van der Waals surface area (Å²) in [5.74, 6) is -1.28. The first-order valence-electron chi connectivity index (χ1n) is 9.02. The molecule has 9 nitrogen and oxygen atoms in total. The molecule has 0 aliphatic heterocycles. The number of carbonyl (C=O) groups excluding carboxylic acids is 2. The number of esters is 1. The minimum Gasteiger partial charge on any atom is -0.448 e. The van der Waals surface area contributed by atoms with Gasteiger partial charge in [0.1, 0.15) is 0 Å². The van der Waals surface area contributed by atoms with E-state index in [0.29, 0.717) is 10.8 Å². The van der Waals surface area contributed by atoms with E-state index in [4.69, 9.17) is 9.88 Å². The van der Waals surface area contributed by atoms with Crippen LogP contribution in [0.3, 0.4) is 0 Å². The number of para-hydroxylation sites is 1. The van der Waals surface area contributed by atoms with Crippen molar-refractivity contribution in [3.8, 4) is 5.69 Å². The molecule has 0 saturated heterocycles. The molecule has 1 aromatic heterocycles. The maximum absolute atomic E-state index is 12.7. The Kier molecular flexibility index (Phi) is 6.78. The van der Waals surface area contributed by atoms with Crippen molar-refractivity contribution in [2.75, 3.05) is 11.6 Å². The molecule has 0 aliphatic carbocycles. The van der Waals surface area contributed by atoms with Crippen LogP contribution in [0.5, 0.6) is 0 Å². The van der Waals surface area contributed by atoms with Gasteiger partial charge in [-0.15, -0.1) is 0 Å². The third-order valence-electron chi connectivity index (χ3n) is 4.24.